The molecule has 5 rings (SSSR count). The van der Waals surface area contributed by atoms with Crippen LogP contribution < -0.4 is 4.74 Å². The van der Waals surface area contributed by atoms with Gasteiger partial charge in [-0.05, 0) is 110 Å². The molecule has 0 spiro atoms. The summed E-state index contributed by atoms with van der Waals surface area (Å²) >= 11 is 0. The zero-order valence-corrected chi connectivity index (χ0v) is 21.2. The van der Waals surface area contributed by atoms with Crippen LogP contribution in [0.1, 0.15) is 76.5 Å². The molecule has 180 valence electrons. The van der Waals surface area contributed by atoms with Crippen molar-refractivity contribution in [1.82, 2.24) is 9.88 Å². The Labute approximate surface area is 205 Å². The average molecular weight is 457 g/mol. The lowest BCUT2D eigenvalue weighted by Crippen LogP contribution is -2.32. The maximum atomic E-state index is 6.41. The molecule has 3 heteroatoms. The first-order valence-electron chi connectivity index (χ1n) is 13.3. The molecule has 2 aliphatic rings. The highest BCUT2D eigenvalue weighted by molar-refractivity contribution is 5.84. The summed E-state index contributed by atoms with van der Waals surface area (Å²) < 4.78 is 6.41. The Morgan fingerprint density at radius 1 is 0.853 bits per heavy atom. The maximum Gasteiger partial charge on any atom is 0.120 e. The van der Waals surface area contributed by atoms with E-state index in [2.05, 4.69) is 79.2 Å². The van der Waals surface area contributed by atoms with Crippen LogP contribution in [0.3, 0.4) is 0 Å². The number of nitrogens with zero attached hydrogens (tertiary/aromatic N) is 2. The van der Waals surface area contributed by atoms with Gasteiger partial charge in [0.25, 0.3) is 0 Å². The Balaban J connectivity index is 1.16. The molecule has 0 atom stereocenters. The van der Waals surface area contributed by atoms with E-state index in [-0.39, 0.29) is 0 Å². The molecule has 2 aromatic carbocycles. The molecule has 1 aliphatic heterocycles. The number of hydrogen-bond donors (Lipinski definition) is 0. The number of fused-ring (bicyclic) bond motifs is 1. The van der Waals surface area contributed by atoms with E-state index in [4.69, 9.17) is 4.74 Å². The Hall–Kier alpha value is -2.39. The van der Waals surface area contributed by atoms with E-state index >= 15 is 0 Å². The second-order valence-corrected chi connectivity index (χ2v) is 11.6. The largest absolute Gasteiger partial charge is 0.490 e. The summed E-state index contributed by atoms with van der Waals surface area (Å²) in [6, 6.07) is 19.9. The second-order valence-electron chi connectivity index (χ2n) is 11.6. The molecule has 0 unspecified atom stereocenters. The summed E-state index contributed by atoms with van der Waals surface area (Å²) in [4.78, 5) is 7.16. The first-order chi connectivity index (χ1) is 16.4. The van der Waals surface area contributed by atoms with Crippen LogP contribution in [0.25, 0.3) is 10.8 Å². The van der Waals surface area contributed by atoms with Crippen molar-refractivity contribution in [2.75, 3.05) is 13.1 Å². The quantitative estimate of drug-likeness (QED) is 0.395. The van der Waals surface area contributed by atoms with Crippen LogP contribution in [0.5, 0.6) is 5.75 Å². The van der Waals surface area contributed by atoms with Crippen molar-refractivity contribution >= 4 is 10.8 Å². The van der Waals surface area contributed by atoms with Crippen LogP contribution in [-0.4, -0.2) is 29.1 Å². The Morgan fingerprint density at radius 3 is 2.29 bits per heavy atom. The van der Waals surface area contributed by atoms with Crippen molar-refractivity contribution in [3.63, 3.8) is 0 Å². The average Bonchev–Trinajstić information content (AvgIpc) is 2.85. The number of aromatic nitrogens is 1. The van der Waals surface area contributed by atoms with Crippen LogP contribution in [0.4, 0.5) is 0 Å². The highest BCUT2D eigenvalue weighted by Gasteiger charge is 2.30. The fraction of sp³-hybridized carbons (Fsp3) is 0.516. The van der Waals surface area contributed by atoms with Gasteiger partial charge < -0.3 is 4.74 Å². The minimum atomic E-state index is 0.365. The lowest BCUT2D eigenvalue weighted by molar-refractivity contribution is 0.0883. The van der Waals surface area contributed by atoms with Crippen LogP contribution in [0.2, 0.25) is 0 Å². The molecular formula is C31H40N2O. The van der Waals surface area contributed by atoms with Gasteiger partial charge in [0.15, 0.2) is 0 Å². The van der Waals surface area contributed by atoms with Crippen LogP contribution in [0.15, 0.2) is 60.8 Å². The lowest BCUT2D eigenvalue weighted by Gasteiger charge is -2.37. The van der Waals surface area contributed by atoms with Gasteiger partial charge in [0.2, 0.25) is 0 Å². The first kappa shape index (κ1) is 23.4. The van der Waals surface area contributed by atoms with Gasteiger partial charge in [-0.25, -0.2) is 0 Å². The zero-order chi connectivity index (χ0) is 23.5. The van der Waals surface area contributed by atoms with Gasteiger partial charge in [-0.3, -0.25) is 9.88 Å². The van der Waals surface area contributed by atoms with Gasteiger partial charge in [0.05, 0.1) is 6.10 Å². The van der Waals surface area contributed by atoms with Crippen molar-refractivity contribution in [3.05, 3.63) is 72.1 Å². The highest BCUT2D eigenvalue weighted by atomic mass is 16.5. The topological polar surface area (TPSA) is 25.4 Å². The third-order valence-electron chi connectivity index (χ3n) is 8.18. The van der Waals surface area contributed by atoms with E-state index < -0.39 is 0 Å². The van der Waals surface area contributed by atoms with Crippen molar-refractivity contribution in [2.45, 2.75) is 77.9 Å². The number of likely N-dealkylation sites (tertiary alicyclic amines) is 1. The zero-order valence-electron chi connectivity index (χ0n) is 21.2. The number of ether oxygens (including phenoxy) is 1. The molecule has 2 fully saturated rings. The Kier molecular flexibility index (Phi) is 6.92. The van der Waals surface area contributed by atoms with Crippen LogP contribution in [0, 0.1) is 11.3 Å². The number of benzene rings is 2. The Morgan fingerprint density at radius 2 is 1.59 bits per heavy atom. The predicted molar refractivity (Wildman–Crippen MR) is 141 cm³/mol. The molecule has 0 N–H and O–H groups in total. The lowest BCUT2D eigenvalue weighted by atomic mass is 9.72. The van der Waals surface area contributed by atoms with E-state index in [1.807, 2.05) is 12.3 Å². The van der Waals surface area contributed by atoms with E-state index in [9.17, 15) is 0 Å². The molecule has 0 radical (unpaired) electrons. The predicted octanol–water partition coefficient (Wildman–Crippen LogP) is 7.60. The summed E-state index contributed by atoms with van der Waals surface area (Å²) in [5.74, 6) is 2.45. The summed E-state index contributed by atoms with van der Waals surface area (Å²) in [6.07, 6.45) is 9.60. The monoisotopic (exact) mass is 456 g/mol. The standard InChI is InChI=1S/C31H40N2O/c1-31(2,3)27-10-13-28(14-11-27)34-29-12-9-25-20-23(7-8-26(25)21-29)22-33-18-15-24(16-19-33)30-6-4-5-17-32-30/h4-9,12,17,20-21,24,27-28H,10-11,13-16,18-19,22H2,1-3H3. The third kappa shape index (κ3) is 5.63. The number of pyridine rings is 1. The SMILES string of the molecule is CC(C)(C)C1CCC(Oc2ccc3cc(CN4CCC(c5ccccn5)CC4)ccc3c2)CC1. The summed E-state index contributed by atoms with van der Waals surface area (Å²) in [6.45, 7) is 10.4. The molecule has 0 amide bonds. The van der Waals surface area contributed by atoms with Gasteiger partial charge in [0.1, 0.15) is 5.75 Å². The normalized spacial score (nSPS) is 22.7. The summed E-state index contributed by atoms with van der Waals surface area (Å²) in [5.41, 5.74) is 3.08. The second kappa shape index (κ2) is 10.1. The van der Waals surface area contributed by atoms with Crippen molar-refractivity contribution in [3.8, 4) is 5.75 Å². The molecule has 1 saturated carbocycles. The van der Waals surface area contributed by atoms with Crippen molar-refractivity contribution < 1.29 is 4.74 Å². The van der Waals surface area contributed by atoms with Gasteiger partial charge >= 0.3 is 0 Å². The van der Waals surface area contributed by atoms with Crippen LogP contribution >= 0.6 is 0 Å². The van der Waals surface area contributed by atoms with Gasteiger partial charge in [-0.2, -0.15) is 0 Å². The summed E-state index contributed by atoms with van der Waals surface area (Å²) in [5, 5.41) is 2.59. The minimum Gasteiger partial charge on any atom is -0.490 e. The van der Waals surface area contributed by atoms with Crippen molar-refractivity contribution in [2.24, 2.45) is 11.3 Å². The number of piperidine rings is 1. The maximum absolute atomic E-state index is 6.41. The smallest absolute Gasteiger partial charge is 0.120 e. The molecule has 2 heterocycles. The highest BCUT2D eigenvalue weighted by Crippen LogP contribution is 2.39. The van der Waals surface area contributed by atoms with Gasteiger partial charge in [0, 0.05) is 24.4 Å². The first-order valence-corrected chi connectivity index (χ1v) is 13.3. The van der Waals surface area contributed by atoms with E-state index in [1.54, 1.807) is 0 Å². The molecule has 1 aliphatic carbocycles. The fourth-order valence-electron chi connectivity index (χ4n) is 5.95. The molecule has 0 bridgehead atoms. The Bertz CT molecular complexity index is 1070. The molecule has 34 heavy (non-hydrogen) atoms. The number of hydrogen-bond acceptors (Lipinski definition) is 3. The fourth-order valence-corrected chi connectivity index (χ4v) is 5.95. The van der Waals surface area contributed by atoms with Gasteiger partial charge in [-0.15, -0.1) is 0 Å². The molecular weight excluding hydrogens is 416 g/mol. The van der Waals surface area contributed by atoms with E-state index in [1.165, 1.54) is 60.6 Å². The summed E-state index contributed by atoms with van der Waals surface area (Å²) in [7, 11) is 0. The molecule has 3 nitrogen and oxygen atoms in total. The molecule has 1 saturated heterocycles. The third-order valence-corrected chi connectivity index (χ3v) is 8.18. The van der Waals surface area contributed by atoms with E-state index in [0.717, 1.165) is 31.3 Å². The molecule has 1 aromatic heterocycles. The number of rotatable bonds is 5. The van der Waals surface area contributed by atoms with E-state index in [0.29, 0.717) is 17.4 Å². The van der Waals surface area contributed by atoms with Crippen LogP contribution in [-0.2, 0) is 6.54 Å². The molecule has 3 aromatic rings. The van der Waals surface area contributed by atoms with Crippen molar-refractivity contribution in [1.29, 1.82) is 0 Å². The van der Waals surface area contributed by atoms with Gasteiger partial charge in [-0.1, -0.05) is 45.0 Å². The minimum absolute atomic E-state index is 0.365.